The second-order valence-electron chi connectivity index (χ2n) is 6.07. The van der Waals surface area contributed by atoms with Gasteiger partial charge in [-0.25, -0.2) is 4.39 Å². The minimum Gasteiger partial charge on any atom is -0.328 e. The Bertz CT molecular complexity index is 786. The summed E-state index contributed by atoms with van der Waals surface area (Å²) in [5.41, 5.74) is 2.80. The molecule has 3 rings (SSSR count). The third-order valence-corrected chi connectivity index (χ3v) is 4.26. The fourth-order valence-corrected chi connectivity index (χ4v) is 2.80. The molecule has 0 atom stereocenters. The summed E-state index contributed by atoms with van der Waals surface area (Å²) in [6.45, 7) is 4.55. The van der Waals surface area contributed by atoms with Crippen molar-refractivity contribution in [2.45, 2.75) is 13.8 Å². The molecule has 4 nitrogen and oxygen atoms in total. The summed E-state index contributed by atoms with van der Waals surface area (Å²) in [5, 5.41) is 0. The number of halogens is 1. The highest BCUT2D eigenvalue weighted by molar-refractivity contribution is 6.01. The van der Waals surface area contributed by atoms with Crippen LogP contribution in [0.1, 0.15) is 21.5 Å². The smallest absolute Gasteiger partial charge is 0.254 e. The van der Waals surface area contributed by atoms with Crippen LogP contribution in [0.25, 0.3) is 0 Å². The second kappa shape index (κ2) is 6.43. The molecule has 0 aliphatic carbocycles. The van der Waals surface area contributed by atoms with Crippen molar-refractivity contribution in [1.82, 2.24) is 4.90 Å². The molecule has 1 heterocycles. The van der Waals surface area contributed by atoms with Crippen LogP contribution in [0, 0.1) is 19.7 Å². The number of piperazine rings is 1. The summed E-state index contributed by atoms with van der Waals surface area (Å²) >= 11 is 0. The van der Waals surface area contributed by atoms with Gasteiger partial charge in [-0.15, -0.1) is 0 Å². The first-order valence-corrected chi connectivity index (χ1v) is 7.88. The van der Waals surface area contributed by atoms with Crippen molar-refractivity contribution in [2.24, 2.45) is 0 Å². The van der Waals surface area contributed by atoms with Gasteiger partial charge in [-0.2, -0.15) is 0 Å². The largest absolute Gasteiger partial charge is 0.328 e. The van der Waals surface area contributed by atoms with E-state index in [1.807, 2.05) is 31.2 Å². The predicted molar refractivity (Wildman–Crippen MR) is 90.6 cm³/mol. The van der Waals surface area contributed by atoms with Gasteiger partial charge < -0.3 is 9.80 Å². The number of aryl methyl sites for hydroxylation is 2. The zero-order valence-electron chi connectivity index (χ0n) is 13.8. The van der Waals surface area contributed by atoms with E-state index < -0.39 is 0 Å². The van der Waals surface area contributed by atoms with E-state index >= 15 is 0 Å². The molecule has 0 saturated carbocycles. The zero-order valence-corrected chi connectivity index (χ0v) is 13.8. The lowest BCUT2D eigenvalue weighted by molar-refractivity contribution is -0.120. The van der Waals surface area contributed by atoms with Crippen LogP contribution in [-0.4, -0.2) is 36.3 Å². The summed E-state index contributed by atoms with van der Waals surface area (Å²) in [5.74, 6) is -0.695. The van der Waals surface area contributed by atoms with Crippen LogP contribution in [0.3, 0.4) is 0 Å². The number of hydrogen-bond donors (Lipinski definition) is 0. The topological polar surface area (TPSA) is 40.6 Å². The van der Waals surface area contributed by atoms with Gasteiger partial charge in [0, 0.05) is 24.3 Å². The first-order valence-electron chi connectivity index (χ1n) is 7.88. The van der Waals surface area contributed by atoms with Crippen molar-refractivity contribution in [2.75, 3.05) is 24.5 Å². The van der Waals surface area contributed by atoms with Crippen LogP contribution in [0.5, 0.6) is 0 Å². The van der Waals surface area contributed by atoms with E-state index in [4.69, 9.17) is 0 Å². The summed E-state index contributed by atoms with van der Waals surface area (Å²) in [4.78, 5) is 28.2. The molecule has 2 aromatic carbocycles. The Balaban J connectivity index is 1.72. The zero-order chi connectivity index (χ0) is 17.3. The summed E-state index contributed by atoms with van der Waals surface area (Å²) in [6, 6.07) is 12.0. The lowest BCUT2D eigenvalue weighted by Crippen LogP contribution is -2.52. The van der Waals surface area contributed by atoms with Gasteiger partial charge in [0.05, 0.1) is 0 Å². The lowest BCUT2D eigenvalue weighted by atomic mass is 10.1. The quantitative estimate of drug-likeness (QED) is 0.851. The molecule has 0 radical (unpaired) electrons. The molecule has 2 aromatic rings. The maximum absolute atomic E-state index is 13.3. The fraction of sp³-hybridized carbons (Fsp3) is 0.263. The number of rotatable bonds is 2. The molecule has 1 fully saturated rings. The average molecular weight is 326 g/mol. The highest BCUT2D eigenvalue weighted by Crippen LogP contribution is 2.19. The minimum atomic E-state index is -0.341. The number of hydrogen-bond acceptors (Lipinski definition) is 2. The molecule has 0 bridgehead atoms. The van der Waals surface area contributed by atoms with Gasteiger partial charge in [-0.3, -0.25) is 9.59 Å². The number of benzene rings is 2. The van der Waals surface area contributed by atoms with E-state index in [1.165, 1.54) is 23.1 Å². The van der Waals surface area contributed by atoms with E-state index in [-0.39, 0.29) is 24.2 Å². The number of anilines is 1. The van der Waals surface area contributed by atoms with Gasteiger partial charge in [0.2, 0.25) is 5.91 Å². The number of nitrogens with zero attached hydrogens (tertiary/aromatic N) is 2. The van der Waals surface area contributed by atoms with Crippen LogP contribution in [0.2, 0.25) is 0 Å². The Kier molecular flexibility index (Phi) is 4.34. The Morgan fingerprint density at radius 2 is 1.75 bits per heavy atom. The SMILES string of the molecule is Cc1ccc(N2CCN(C(=O)c3ccc(F)c(C)c3)CC2=O)cc1. The number of carbonyl (C=O) groups excluding carboxylic acids is 2. The van der Waals surface area contributed by atoms with E-state index in [1.54, 1.807) is 11.8 Å². The molecular formula is C19H19FN2O2. The standard InChI is InChI=1S/C19H19FN2O2/c1-13-3-6-16(7-4-13)22-10-9-21(12-18(22)23)19(24)15-5-8-17(20)14(2)11-15/h3-8,11H,9-10,12H2,1-2H3. The molecule has 0 unspecified atom stereocenters. The van der Waals surface area contributed by atoms with Crippen LogP contribution >= 0.6 is 0 Å². The highest BCUT2D eigenvalue weighted by atomic mass is 19.1. The van der Waals surface area contributed by atoms with Crippen molar-refractivity contribution in [3.05, 3.63) is 65.0 Å². The monoisotopic (exact) mass is 326 g/mol. The van der Waals surface area contributed by atoms with E-state index in [0.29, 0.717) is 24.2 Å². The Morgan fingerprint density at radius 3 is 2.38 bits per heavy atom. The first kappa shape index (κ1) is 16.2. The van der Waals surface area contributed by atoms with Crippen LogP contribution < -0.4 is 4.90 Å². The number of amides is 2. The van der Waals surface area contributed by atoms with Crippen LogP contribution in [-0.2, 0) is 4.79 Å². The number of carbonyl (C=O) groups is 2. The van der Waals surface area contributed by atoms with Crippen LogP contribution in [0.15, 0.2) is 42.5 Å². The van der Waals surface area contributed by atoms with Gasteiger partial charge in [0.15, 0.2) is 0 Å². The molecule has 1 saturated heterocycles. The van der Waals surface area contributed by atoms with Gasteiger partial charge in [0.25, 0.3) is 5.91 Å². The lowest BCUT2D eigenvalue weighted by Gasteiger charge is -2.34. The third kappa shape index (κ3) is 3.15. The van der Waals surface area contributed by atoms with Crippen molar-refractivity contribution in [3.8, 4) is 0 Å². The van der Waals surface area contributed by atoms with Gasteiger partial charge in [0.1, 0.15) is 12.4 Å². The van der Waals surface area contributed by atoms with Gasteiger partial charge >= 0.3 is 0 Å². The van der Waals surface area contributed by atoms with E-state index in [0.717, 1.165) is 11.3 Å². The van der Waals surface area contributed by atoms with E-state index in [9.17, 15) is 14.0 Å². The molecule has 24 heavy (non-hydrogen) atoms. The van der Waals surface area contributed by atoms with Gasteiger partial charge in [-0.05, 0) is 49.7 Å². The van der Waals surface area contributed by atoms with Crippen molar-refractivity contribution in [1.29, 1.82) is 0 Å². The van der Waals surface area contributed by atoms with Crippen LogP contribution in [0.4, 0.5) is 10.1 Å². The molecular weight excluding hydrogens is 307 g/mol. The molecule has 0 aromatic heterocycles. The third-order valence-electron chi connectivity index (χ3n) is 4.26. The first-order chi connectivity index (χ1) is 11.5. The minimum absolute atomic E-state index is 0.0309. The Hall–Kier alpha value is -2.69. The normalized spacial score (nSPS) is 14.9. The maximum Gasteiger partial charge on any atom is 0.254 e. The summed E-state index contributed by atoms with van der Waals surface area (Å²) in [7, 11) is 0. The van der Waals surface area contributed by atoms with Gasteiger partial charge in [-0.1, -0.05) is 17.7 Å². The Labute approximate surface area is 140 Å². The highest BCUT2D eigenvalue weighted by Gasteiger charge is 2.28. The predicted octanol–water partition coefficient (Wildman–Crippen LogP) is 2.93. The molecule has 1 aliphatic heterocycles. The fourth-order valence-electron chi connectivity index (χ4n) is 2.80. The molecule has 2 amide bonds. The van der Waals surface area contributed by atoms with E-state index in [2.05, 4.69) is 0 Å². The molecule has 5 heteroatoms. The average Bonchev–Trinajstić information content (AvgIpc) is 2.57. The van der Waals surface area contributed by atoms with Crippen molar-refractivity contribution >= 4 is 17.5 Å². The van der Waals surface area contributed by atoms with Crippen molar-refractivity contribution in [3.63, 3.8) is 0 Å². The van der Waals surface area contributed by atoms with Crippen molar-refractivity contribution < 1.29 is 14.0 Å². The molecule has 124 valence electrons. The summed E-state index contributed by atoms with van der Waals surface area (Å²) < 4.78 is 13.3. The molecule has 0 spiro atoms. The Morgan fingerprint density at radius 1 is 1.04 bits per heavy atom. The molecule has 0 N–H and O–H groups in total. The maximum atomic E-state index is 13.3. The summed E-state index contributed by atoms with van der Waals surface area (Å²) in [6.07, 6.45) is 0. The molecule has 1 aliphatic rings. The second-order valence-corrected chi connectivity index (χ2v) is 6.07.